The molecule has 0 radical (unpaired) electrons. The lowest BCUT2D eigenvalue weighted by Crippen LogP contribution is -1.92. The van der Waals surface area contributed by atoms with E-state index in [1.54, 1.807) is 25.3 Å². The topological polar surface area (TPSA) is 12.9 Å². The summed E-state index contributed by atoms with van der Waals surface area (Å²) in [6.45, 7) is 9.65. The van der Waals surface area contributed by atoms with Crippen molar-refractivity contribution in [2.75, 3.05) is 0 Å². The first-order valence-corrected chi connectivity index (χ1v) is 6.54. The molecular formula is C16H21F2N. The SMILES string of the molecule is CC.CC.Cc1cc(F)c(-c2cccnc2)c(F)c1. The lowest BCUT2D eigenvalue weighted by Gasteiger charge is -2.05. The Labute approximate surface area is 114 Å². The Morgan fingerprint density at radius 3 is 1.89 bits per heavy atom. The van der Waals surface area contributed by atoms with Crippen molar-refractivity contribution in [3.8, 4) is 11.1 Å². The van der Waals surface area contributed by atoms with E-state index in [2.05, 4.69) is 4.98 Å². The zero-order valence-corrected chi connectivity index (χ0v) is 12.2. The fraction of sp³-hybridized carbons (Fsp3) is 0.312. The van der Waals surface area contributed by atoms with Crippen LogP contribution in [0.15, 0.2) is 36.7 Å². The Hall–Kier alpha value is -1.77. The van der Waals surface area contributed by atoms with Crippen LogP contribution in [0.5, 0.6) is 0 Å². The average molecular weight is 265 g/mol. The molecule has 1 nitrogen and oxygen atoms in total. The quantitative estimate of drug-likeness (QED) is 0.674. The molecule has 0 saturated heterocycles. The first kappa shape index (κ1) is 17.2. The van der Waals surface area contributed by atoms with E-state index in [1.807, 2.05) is 27.7 Å². The van der Waals surface area contributed by atoms with Crippen LogP contribution in [0.25, 0.3) is 11.1 Å². The number of hydrogen-bond donors (Lipinski definition) is 0. The zero-order chi connectivity index (χ0) is 14.8. The second-order valence-electron chi connectivity index (χ2n) is 3.35. The Kier molecular flexibility index (Phi) is 8.34. The maximum Gasteiger partial charge on any atom is 0.134 e. The average Bonchev–Trinajstić information content (AvgIpc) is 2.43. The molecule has 2 rings (SSSR count). The highest BCUT2D eigenvalue weighted by Gasteiger charge is 2.11. The largest absolute Gasteiger partial charge is 0.264 e. The number of nitrogens with zero attached hydrogens (tertiary/aromatic N) is 1. The van der Waals surface area contributed by atoms with Crippen LogP contribution >= 0.6 is 0 Å². The van der Waals surface area contributed by atoms with Crippen LogP contribution in [-0.4, -0.2) is 4.98 Å². The smallest absolute Gasteiger partial charge is 0.134 e. The van der Waals surface area contributed by atoms with Crippen molar-refractivity contribution in [2.24, 2.45) is 0 Å². The zero-order valence-electron chi connectivity index (χ0n) is 12.2. The molecule has 3 heteroatoms. The number of benzene rings is 1. The fourth-order valence-corrected chi connectivity index (χ4v) is 1.49. The summed E-state index contributed by atoms with van der Waals surface area (Å²) in [5, 5.41) is 0. The molecule has 0 N–H and O–H groups in total. The lowest BCUT2D eigenvalue weighted by molar-refractivity contribution is 0.587. The molecule has 0 saturated carbocycles. The predicted octanol–water partition coefficient (Wildman–Crippen LogP) is 5.39. The van der Waals surface area contributed by atoms with E-state index < -0.39 is 11.6 Å². The van der Waals surface area contributed by atoms with Crippen molar-refractivity contribution >= 4 is 0 Å². The number of pyridine rings is 1. The molecular weight excluding hydrogens is 244 g/mol. The molecule has 1 heterocycles. The second-order valence-corrected chi connectivity index (χ2v) is 3.35. The molecule has 19 heavy (non-hydrogen) atoms. The van der Waals surface area contributed by atoms with Crippen LogP contribution in [0.1, 0.15) is 33.3 Å². The Morgan fingerprint density at radius 2 is 1.47 bits per heavy atom. The number of aryl methyl sites for hydroxylation is 1. The van der Waals surface area contributed by atoms with Crippen LogP contribution in [-0.2, 0) is 0 Å². The Balaban J connectivity index is 0.000000741. The molecule has 2 aromatic rings. The molecule has 1 aromatic carbocycles. The van der Waals surface area contributed by atoms with Gasteiger partial charge >= 0.3 is 0 Å². The highest BCUT2D eigenvalue weighted by molar-refractivity contribution is 5.64. The van der Waals surface area contributed by atoms with Gasteiger partial charge < -0.3 is 0 Å². The second kappa shape index (κ2) is 9.20. The summed E-state index contributed by atoms with van der Waals surface area (Å²) in [6, 6.07) is 5.90. The van der Waals surface area contributed by atoms with Crippen molar-refractivity contribution in [2.45, 2.75) is 34.6 Å². The van der Waals surface area contributed by atoms with Gasteiger partial charge in [-0.1, -0.05) is 33.8 Å². The van der Waals surface area contributed by atoms with E-state index in [1.165, 1.54) is 18.3 Å². The minimum atomic E-state index is -0.555. The normalized spacial score (nSPS) is 8.79. The van der Waals surface area contributed by atoms with Gasteiger partial charge in [0.15, 0.2) is 0 Å². The monoisotopic (exact) mass is 265 g/mol. The van der Waals surface area contributed by atoms with Gasteiger partial charge in [-0.25, -0.2) is 8.78 Å². The minimum Gasteiger partial charge on any atom is -0.264 e. The van der Waals surface area contributed by atoms with Gasteiger partial charge in [0.05, 0.1) is 5.56 Å². The Morgan fingerprint density at radius 1 is 0.947 bits per heavy atom. The maximum absolute atomic E-state index is 13.5. The van der Waals surface area contributed by atoms with Gasteiger partial charge in [-0.15, -0.1) is 0 Å². The summed E-state index contributed by atoms with van der Waals surface area (Å²) in [6.07, 6.45) is 3.00. The first-order chi connectivity index (χ1) is 9.18. The van der Waals surface area contributed by atoms with E-state index in [4.69, 9.17) is 0 Å². The van der Waals surface area contributed by atoms with Crippen molar-refractivity contribution in [3.63, 3.8) is 0 Å². The molecule has 0 amide bonds. The number of halogens is 2. The summed E-state index contributed by atoms with van der Waals surface area (Å²) in [5.41, 5.74) is 0.999. The third-order valence-electron chi connectivity index (χ3n) is 2.14. The van der Waals surface area contributed by atoms with Gasteiger partial charge in [-0.3, -0.25) is 4.98 Å². The highest BCUT2D eigenvalue weighted by Crippen LogP contribution is 2.26. The van der Waals surface area contributed by atoms with Gasteiger partial charge in [-0.05, 0) is 30.7 Å². The maximum atomic E-state index is 13.5. The third-order valence-corrected chi connectivity index (χ3v) is 2.14. The number of hydrogen-bond acceptors (Lipinski definition) is 1. The van der Waals surface area contributed by atoms with E-state index in [0.29, 0.717) is 11.1 Å². The van der Waals surface area contributed by atoms with E-state index in [9.17, 15) is 8.78 Å². The van der Waals surface area contributed by atoms with E-state index in [0.717, 1.165) is 0 Å². The summed E-state index contributed by atoms with van der Waals surface area (Å²) in [7, 11) is 0. The standard InChI is InChI=1S/C12H9F2N.2C2H6/c1-8-5-10(13)12(11(14)6-8)9-3-2-4-15-7-9;2*1-2/h2-7H,1H3;2*1-2H3. The highest BCUT2D eigenvalue weighted by atomic mass is 19.1. The molecule has 1 aromatic heterocycles. The molecule has 0 unspecified atom stereocenters. The molecule has 0 aliphatic rings. The molecule has 0 spiro atoms. The van der Waals surface area contributed by atoms with Crippen molar-refractivity contribution < 1.29 is 8.78 Å². The predicted molar refractivity (Wildman–Crippen MR) is 77.0 cm³/mol. The molecule has 0 atom stereocenters. The van der Waals surface area contributed by atoms with Crippen LogP contribution < -0.4 is 0 Å². The van der Waals surface area contributed by atoms with E-state index >= 15 is 0 Å². The van der Waals surface area contributed by atoms with Crippen LogP contribution in [0, 0.1) is 18.6 Å². The summed E-state index contributed by atoms with van der Waals surface area (Å²) >= 11 is 0. The van der Waals surface area contributed by atoms with E-state index in [-0.39, 0.29) is 5.56 Å². The van der Waals surface area contributed by atoms with Gasteiger partial charge in [0.1, 0.15) is 11.6 Å². The molecule has 0 bridgehead atoms. The molecule has 104 valence electrons. The molecule has 0 fully saturated rings. The minimum absolute atomic E-state index is 0.0197. The van der Waals surface area contributed by atoms with Crippen molar-refractivity contribution in [1.29, 1.82) is 0 Å². The first-order valence-electron chi connectivity index (χ1n) is 6.54. The van der Waals surface area contributed by atoms with Gasteiger partial charge in [-0.2, -0.15) is 0 Å². The summed E-state index contributed by atoms with van der Waals surface area (Å²) in [5.74, 6) is -1.11. The van der Waals surface area contributed by atoms with Crippen molar-refractivity contribution in [3.05, 3.63) is 53.9 Å². The molecule has 0 aliphatic heterocycles. The Bertz CT molecular complexity index is 458. The lowest BCUT2D eigenvalue weighted by atomic mass is 10.0. The van der Waals surface area contributed by atoms with Crippen LogP contribution in [0.2, 0.25) is 0 Å². The fourth-order valence-electron chi connectivity index (χ4n) is 1.49. The summed E-state index contributed by atoms with van der Waals surface area (Å²) < 4.78 is 27.1. The third kappa shape index (κ3) is 4.78. The van der Waals surface area contributed by atoms with Crippen molar-refractivity contribution in [1.82, 2.24) is 4.98 Å². The van der Waals surface area contributed by atoms with Crippen LogP contribution in [0.4, 0.5) is 8.78 Å². The van der Waals surface area contributed by atoms with Gasteiger partial charge in [0.2, 0.25) is 0 Å². The summed E-state index contributed by atoms with van der Waals surface area (Å²) in [4.78, 5) is 3.83. The molecule has 0 aliphatic carbocycles. The van der Waals surface area contributed by atoms with Crippen LogP contribution in [0.3, 0.4) is 0 Å². The van der Waals surface area contributed by atoms with Gasteiger partial charge in [0, 0.05) is 18.0 Å². The number of rotatable bonds is 1. The number of aromatic nitrogens is 1. The van der Waals surface area contributed by atoms with Gasteiger partial charge in [0.25, 0.3) is 0 Å².